The molecular weight excluding hydrogens is 344 g/mol. The summed E-state index contributed by atoms with van der Waals surface area (Å²) in [6.07, 6.45) is 5.92. The molecule has 1 aromatic carbocycles. The van der Waals surface area contributed by atoms with E-state index >= 15 is 0 Å². The molecule has 0 saturated heterocycles. The highest BCUT2D eigenvalue weighted by atomic mass is 16.5. The van der Waals surface area contributed by atoms with Gasteiger partial charge in [-0.2, -0.15) is 5.10 Å². The highest BCUT2D eigenvalue weighted by Gasteiger charge is 2.23. The standard InChI is InChI=1S/C21H22N2O4/c1-3-26-21(25)18-12-23-20(13(18)2)19(8-9-22-23)27-17-7-5-14-10-16(24)6-4-15(14)11-17/h4,6,8-10,12,17,24H,3,5,7,11H2,1-2H3. The molecule has 0 bridgehead atoms. The summed E-state index contributed by atoms with van der Waals surface area (Å²) in [5, 5.41) is 14.0. The molecule has 27 heavy (non-hydrogen) atoms. The Morgan fingerprint density at radius 3 is 3.00 bits per heavy atom. The quantitative estimate of drug-likeness (QED) is 0.716. The van der Waals surface area contributed by atoms with Gasteiger partial charge >= 0.3 is 5.97 Å². The molecule has 1 aliphatic rings. The molecule has 2 heterocycles. The lowest BCUT2D eigenvalue weighted by molar-refractivity contribution is 0.0525. The van der Waals surface area contributed by atoms with Gasteiger partial charge in [-0.25, -0.2) is 9.31 Å². The summed E-state index contributed by atoms with van der Waals surface area (Å²) in [6, 6.07) is 7.35. The number of rotatable bonds is 4. The highest BCUT2D eigenvalue weighted by Crippen LogP contribution is 2.31. The zero-order chi connectivity index (χ0) is 19.0. The number of hydrogen-bond donors (Lipinski definition) is 1. The number of nitrogens with zero attached hydrogens (tertiary/aromatic N) is 2. The van der Waals surface area contributed by atoms with Gasteiger partial charge in [0.15, 0.2) is 0 Å². The molecular formula is C21H22N2O4. The van der Waals surface area contributed by atoms with E-state index in [2.05, 4.69) is 5.10 Å². The van der Waals surface area contributed by atoms with E-state index in [1.807, 2.05) is 25.1 Å². The van der Waals surface area contributed by atoms with Crippen molar-refractivity contribution in [3.05, 3.63) is 58.9 Å². The Morgan fingerprint density at radius 2 is 2.19 bits per heavy atom. The molecule has 1 unspecified atom stereocenters. The van der Waals surface area contributed by atoms with Crippen LogP contribution in [0.2, 0.25) is 0 Å². The lowest BCUT2D eigenvalue weighted by Gasteiger charge is -2.26. The van der Waals surface area contributed by atoms with Crippen molar-refractivity contribution in [2.45, 2.75) is 39.2 Å². The zero-order valence-electron chi connectivity index (χ0n) is 15.4. The van der Waals surface area contributed by atoms with Crippen molar-refractivity contribution in [1.29, 1.82) is 0 Å². The summed E-state index contributed by atoms with van der Waals surface area (Å²) in [7, 11) is 0. The Hall–Kier alpha value is -3.02. The van der Waals surface area contributed by atoms with Gasteiger partial charge in [0.05, 0.1) is 18.4 Å². The van der Waals surface area contributed by atoms with Gasteiger partial charge in [-0.05, 0) is 55.5 Å². The third-order valence-electron chi connectivity index (χ3n) is 5.05. The molecule has 0 fully saturated rings. The molecule has 0 spiro atoms. The van der Waals surface area contributed by atoms with Crippen LogP contribution in [-0.4, -0.2) is 33.4 Å². The summed E-state index contributed by atoms with van der Waals surface area (Å²) in [4.78, 5) is 12.2. The Morgan fingerprint density at radius 1 is 1.33 bits per heavy atom. The van der Waals surface area contributed by atoms with Gasteiger partial charge in [0.1, 0.15) is 23.1 Å². The monoisotopic (exact) mass is 366 g/mol. The van der Waals surface area contributed by atoms with E-state index < -0.39 is 0 Å². The fourth-order valence-corrected chi connectivity index (χ4v) is 3.72. The van der Waals surface area contributed by atoms with Gasteiger partial charge in [-0.15, -0.1) is 0 Å². The maximum atomic E-state index is 12.2. The lowest BCUT2D eigenvalue weighted by Crippen LogP contribution is -2.25. The molecule has 0 amide bonds. The van der Waals surface area contributed by atoms with Gasteiger partial charge in [0, 0.05) is 18.7 Å². The normalized spacial score (nSPS) is 16.1. The SMILES string of the molecule is CCOC(=O)c1cn2nccc(OC3CCc4cc(O)ccc4C3)c2c1C. The number of aromatic hydroxyl groups is 1. The van der Waals surface area contributed by atoms with Crippen LogP contribution in [0.15, 0.2) is 36.7 Å². The summed E-state index contributed by atoms with van der Waals surface area (Å²) in [5.41, 5.74) is 4.48. The Balaban J connectivity index is 1.63. The minimum absolute atomic E-state index is 0.0357. The van der Waals surface area contributed by atoms with Crippen molar-refractivity contribution in [3.63, 3.8) is 0 Å². The summed E-state index contributed by atoms with van der Waals surface area (Å²) < 4.78 is 13.1. The maximum Gasteiger partial charge on any atom is 0.340 e. The smallest absolute Gasteiger partial charge is 0.340 e. The van der Waals surface area contributed by atoms with E-state index in [1.54, 1.807) is 29.9 Å². The molecule has 6 heteroatoms. The molecule has 0 radical (unpaired) electrons. The molecule has 0 saturated carbocycles. The number of phenols is 1. The number of aromatic nitrogens is 2. The maximum absolute atomic E-state index is 12.2. The average Bonchev–Trinajstić information content (AvgIpc) is 3.00. The molecule has 3 aromatic rings. The van der Waals surface area contributed by atoms with E-state index in [-0.39, 0.29) is 12.1 Å². The second-order valence-corrected chi connectivity index (χ2v) is 6.81. The molecule has 2 aromatic heterocycles. The largest absolute Gasteiger partial charge is 0.508 e. The minimum Gasteiger partial charge on any atom is -0.508 e. The van der Waals surface area contributed by atoms with Crippen molar-refractivity contribution in [1.82, 2.24) is 9.61 Å². The Kier molecular flexibility index (Phi) is 4.48. The van der Waals surface area contributed by atoms with Crippen molar-refractivity contribution < 1.29 is 19.4 Å². The first-order chi connectivity index (χ1) is 13.1. The topological polar surface area (TPSA) is 73.1 Å². The van der Waals surface area contributed by atoms with E-state index in [9.17, 15) is 9.90 Å². The van der Waals surface area contributed by atoms with E-state index in [0.29, 0.717) is 23.7 Å². The van der Waals surface area contributed by atoms with Crippen LogP contribution in [0.5, 0.6) is 11.5 Å². The van der Waals surface area contributed by atoms with Crippen molar-refractivity contribution >= 4 is 11.5 Å². The second kappa shape index (κ2) is 6.95. The lowest BCUT2D eigenvalue weighted by atomic mass is 9.89. The minimum atomic E-state index is -0.349. The first-order valence-corrected chi connectivity index (χ1v) is 9.18. The molecule has 6 nitrogen and oxygen atoms in total. The summed E-state index contributed by atoms with van der Waals surface area (Å²) in [6.45, 7) is 4.00. The number of fused-ring (bicyclic) bond motifs is 2. The first-order valence-electron chi connectivity index (χ1n) is 9.18. The van der Waals surface area contributed by atoms with Crippen molar-refractivity contribution in [2.75, 3.05) is 6.61 Å². The van der Waals surface area contributed by atoms with E-state index in [4.69, 9.17) is 9.47 Å². The average molecular weight is 366 g/mol. The molecule has 1 aliphatic carbocycles. The van der Waals surface area contributed by atoms with Crippen LogP contribution >= 0.6 is 0 Å². The van der Waals surface area contributed by atoms with Gasteiger partial charge in [-0.3, -0.25) is 0 Å². The number of carbonyl (C=O) groups excluding carboxylic acids is 1. The van der Waals surface area contributed by atoms with Gasteiger partial charge in [0.25, 0.3) is 0 Å². The van der Waals surface area contributed by atoms with Crippen LogP contribution in [0.25, 0.3) is 5.52 Å². The van der Waals surface area contributed by atoms with Crippen molar-refractivity contribution in [2.24, 2.45) is 0 Å². The number of phenolic OH excluding ortho intramolecular Hbond substituents is 1. The number of carbonyl (C=O) groups is 1. The number of ether oxygens (including phenoxy) is 2. The van der Waals surface area contributed by atoms with Crippen LogP contribution in [0.1, 0.15) is 40.4 Å². The zero-order valence-corrected chi connectivity index (χ0v) is 15.4. The third-order valence-corrected chi connectivity index (χ3v) is 5.05. The second-order valence-electron chi connectivity index (χ2n) is 6.81. The summed E-state index contributed by atoms with van der Waals surface area (Å²) in [5.74, 6) is 0.669. The molecule has 1 N–H and O–H groups in total. The number of hydrogen-bond acceptors (Lipinski definition) is 5. The highest BCUT2D eigenvalue weighted by molar-refractivity contribution is 5.94. The number of benzene rings is 1. The van der Waals surface area contributed by atoms with E-state index in [1.165, 1.54) is 11.1 Å². The Bertz CT molecular complexity index is 1010. The number of esters is 1. The van der Waals surface area contributed by atoms with Crippen LogP contribution in [0, 0.1) is 6.92 Å². The van der Waals surface area contributed by atoms with Crippen LogP contribution in [0.4, 0.5) is 0 Å². The fraction of sp³-hybridized carbons (Fsp3) is 0.333. The molecule has 0 aliphatic heterocycles. The Labute approximate surface area is 157 Å². The van der Waals surface area contributed by atoms with Crippen LogP contribution in [0.3, 0.4) is 0 Å². The third kappa shape index (κ3) is 3.23. The predicted molar refractivity (Wildman–Crippen MR) is 100 cm³/mol. The van der Waals surface area contributed by atoms with Gasteiger partial charge in [0.2, 0.25) is 0 Å². The fourth-order valence-electron chi connectivity index (χ4n) is 3.72. The summed E-state index contributed by atoms with van der Waals surface area (Å²) >= 11 is 0. The van der Waals surface area contributed by atoms with E-state index in [0.717, 1.165) is 30.3 Å². The predicted octanol–water partition coefficient (Wildman–Crippen LogP) is 3.46. The van der Waals surface area contributed by atoms with Crippen molar-refractivity contribution in [3.8, 4) is 11.5 Å². The molecule has 1 atom stereocenters. The van der Waals surface area contributed by atoms with Gasteiger partial charge in [-0.1, -0.05) is 6.07 Å². The van der Waals surface area contributed by atoms with Crippen LogP contribution in [-0.2, 0) is 17.6 Å². The van der Waals surface area contributed by atoms with Gasteiger partial charge < -0.3 is 14.6 Å². The molecule has 140 valence electrons. The number of aryl methyl sites for hydroxylation is 2. The first kappa shape index (κ1) is 17.4. The van der Waals surface area contributed by atoms with Crippen LogP contribution < -0.4 is 4.74 Å². The molecule has 4 rings (SSSR count).